The number of carbonyl (C=O) groups is 3. The van der Waals surface area contributed by atoms with Crippen molar-refractivity contribution in [3.05, 3.63) is 34.9 Å². The molecule has 1 aromatic carbocycles. The van der Waals surface area contributed by atoms with Crippen molar-refractivity contribution in [1.29, 1.82) is 0 Å². The van der Waals surface area contributed by atoms with E-state index in [-0.39, 0.29) is 43.4 Å². The van der Waals surface area contributed by atoms with Crippen molar-refractivity contribution >= 4 is 18.1 Å². The molecule has 5 aliphatic rings. The van der Waals surface area contributed by atoms with Crippen LogP contribution in [0.25, 0.3) is 0 Å². The fourth-order valence-corrected chi connectivity index (χ4v) is 7.72. The second-order valence-electron chi connectivity index (χ2n) is 12.4. The number of aliphatic hydroxyl groups excluding tert-OH is 2. The number of methoxy groups -OCH3 is 2. The van der Waals surface area contributed by atoms with Crippen LogP contribution in [0.4, 0.5) is 0 Å². The number of nitrogens with zero attached hydrogens (tertiary/aromatic N) is 1. The molecule has 0 unspecified atom stereocenters. The number of nitrogens with one attached hydrogen (secondary N) is 1. The number of benzene rings is 1. The molecule has 7 atom stereocenters. The van der Waals surface area contributed by atoms with Crippen LogP contribution in [-0.4, -0.2) is 92.0 Å². The summed E-state index contributed by atoms with van der Waals surface area (Å²) in [5.74, 6) is 0.890. The lowest BCUT2D eigenvalue weighted by Crippen LogP contribution is -2.59. The Kier molecular flexibility index (Phi) is 8.46. The Balaban J connectivity index is 1.55. The van der Waals surface area contributed by atoms with Crippen LogP contribution >= 0.6 is 0 Å². The quantitative estimate of drug-likeness (QED) is 0.344. The van der Waals surface area contributed by atoms with Crippen LogP contribution in [0.5, 0.6) is 11.5 Å². The number of amides is 2. The molecule has 6 rings (SSSR count). The number of rotatable bonds is 11. The number of carbonyl (C=O) groups excluding carboxylic acids is 3. The van der Waals surface area contributed by atoms with Gasteiger partial charge >= 0.3 is 0 Å². The molecule has 0 radical (unpaired) electrons. The fraction of sp³-hybridized carbons (Fsp3) is 0.645. The van der Waals surface area contributed by atoms with Gasteiger partial charge in [-0.15, -0.1) is 0 Å². The van der Waals surface area contributed by atoms with Gasteiger partial charge in [-0.05, 0) is 60.6 Å². The molecule has 10 nitrogen and oxygen atoms in total. The summed E-state index contributed by atoms with van der Waals surface area (Å²) in [4.78, 5) is 40.7. The standard InChI is InChI=1S/C31H42N2O8/c1-31(2)19-6-5-18(22(31)13-19)15-33(25(36)7-10-39-3)23-14-21(30(38)32-8-9-34)26-20-11-17(16-35)12-24(40-4)28(20)41-29(26)27(23)37/h11-12,14,16,18-19,22-23,26-27,29,34,37H,5-10,13,15H2,1-4H3,(H,32,38)/t18-,19-,22-,23+,26-,27-,29-/m0/s1. The van der Waals surface area contributed by atoms with Gasteiger partial charge in [0.05, 0.1) is 38.7 Å². The third-order valence-corrected chi connectivity index (χ3v) is 10.0. The lowest BCUT2D eigenvalue weighted by Gasteiger charge is -2.61. The van der Waals surface area contributed by atoms with E-state index >= 15 is 0 Å². The molecule has 224 valence electrons. The lowest BCUT2D eigenvalue weighted by atomic mass is 9.45. The van der Waals surface area contributed by atoms with Crippen LogP contribution < -0.4 is 14.8 Å². The molecular formula is C31H42N2O8. The molecule has 10 heteroatoms. The predicted octanol–water partition coefficient (Wildman–Crippen LogP) is 2.07. The molecule has 0 aromatic heterocycles. The van der Waals surface area contributed by atoms with E-state index in [2.05, 4.69) is 19.2 Å². The maximum absolute atomic E-state index is 13.7. The fourth-order valence-electron chi connectivity index (χ4n) is 7.72. The number of aldehydes is 1. The van der Waals surface area contributed by atoms with E-state index in [1.54, 1.807) is 30.2 Å². The Morgan fingerprint density at radius 3 is 2.66 bits per heavy atom. The molecule has 0 spiro atoms. The van der Waals surface area contributed by atoms with Crippen molar-refractivity contribution in [2.45, 2.75) is 63.7 Å². The Bertz CT molecular complexity index is 1210. The summed E-state index contributed by atoms with van der Waals surface area (Å²) in [7, 11) is 3.01. The summed E-state index contributed by atoms with van der Waals surface area (Å²) in [6.45, 7) is 5.13. The second kappa shape index (κ2) is 11.7. The van der Waals surface area contributed by atoms with Crippen LogP contribution in [-0.2, 0) is 14.3 Å². The largest absolute Gasteiger partial charge is 0.493 e. The summed E-state index contributed by atoms with van der Waals surface area (Å²) >= 11 is 0. The van der Waals surface area contributed by atoms with Crippen molar-refractivity contribution in [2.24, 2.45) is 23.2 Å². The first-order chi connectivity index (χ1) is 19.7. The minimum Gasteiger partial charge on any atom is -0.493 e. The molecule has 2 bridgehead atoms. The van der Waals surface area contributed by atoms with Gasteiger partial charge in [0.25, 0.3) is 0 Å². The van der Waals surface area contributed by atoms with Gasteiger partial charge in [-0.3, -0.25) is 14.4 Å². The number of ether oxygens (including phenoxy) is 3. The average molecular weight is 571 g/mol. The van der Waals surface area contributed by atoms with Crippen molar-refractivity contribution in [3.8, 4) is 11.5 Å². The van der Waals surface area contributed by atoms with E-state index in [1.165, 1.54) is 7.11 Å². The van der Waals surface area contributed by atoms with Gasteiger partial charge < -0.3 is 34.6 Å². The van der Waals surface area contributed by atoms with E-state index in [0.29, 0.717) is 52.9 Å². The first kappa shape index (κ1) is 29.5. The monoisotopic (exact) mass is 570 g/mol. The molecule has 1 aromatic rings. The molecule has 4 aliphatic carbocycles. The van der Waals surface area contributed by atoms with Gasteiger partial charge in [-0.25, -0.2) is 0 Å². The summed E-state index contributed by atoms with van der Waals surface area (Å²) < 4.78 is 17.0. The zero-order valence-electron chi connectivity index (χ0n) is 24.3. The molecule has 3 N–H and O–H groups in total. The highest BCUT2D eigenvalue weighted by atomic mass is 16.5. The third kappa shape index (κ3) is 5.15. The molecule has 3 saturated carbocycles. The Hall–Kier alpha value is -2.95. The highest BCUT2D eigenvalue weighted by molar-refractivity contribution is 5.96. The van der Waals surface area contributed by atoms with Crippen LogP contribution in [0.15, 0.2) is 23.8 Å². The zero-order chi connectivity index (χ0) is 29.5. The highest BCUT2D eigenvalue weighted by Gasteiger charge is 2.56. The molecule has 0 saturated heterocycles. The van der Waals surface area contributed by atoms with Gasteiger partial charge in [0.1, 0.15) is 18.5 Å². The summed E-state index contributed by atoms with van der Waals surface area (Å²) in [5.41, 5.74) is 1.45. The molecule has 1 heterocycles. The van der Waals surface area contributed by atoms with Gasteiger partial charge in [-0.2, -0.15) is 0 Å². The second-order valence-corrected chi connectivity index (χ2v) is 12.4. The number of hydrogen-bond acceptors (Lipinski definition) is 8. The van der Waals surface area contributed by atoms with Gasteiger partial charge in [0, 0.05) is 36.9 Å². The van der Waals surface area contributed by atoms with E-state index in [4.69, 9.17) is 14.2 Å². The summed E-state index contributed by atoms with van der Waals surface area (Å²) in [6.07, 6.45) is 3.77. The molecule has 2 amide bonds. The SMILES string of the molecule is COCCC(=O)N(C[C@@H]1CC[C@H]2C[C@@H]1C2(C)C)[C@@H]1C=C(C(=O)NCCO)[C@@H]2c3cc(C=O)cc(OC)c3O[C@@H]2[C@H]1O. The van der Waals surface area contributed by atoms with Crippen LogP contribution in [0, 0.1) is 23.2 Å². The smallest absolute Gasteiger partial charge is 0.247 e. The van der Waals surface area contributed by atoms with Gasteiger partial charge in [0.15, 0.2) is 11.5 Å². The Morgan fingerprint density at radius 1 is 1.24 bits per heavy atom. The van der Waals surface area contributed by atoms with Crippen molar-refractivity contribution in [2.75, 3.05) is 40.5 Å². The maximum Gasteiger partial charge on any atom is 0.247 e. The maximum atomic E-state index is 13.7. The topological polar surface area (TPSA) is 135 Å². The van der Waals surface area contributed by atoms with E-state index < -0.39 is 30.1 Å². The number of fused-ring (bicyclic) bond motifs is 5. The van der Waals surface area contributed by atoms with Crippen molar-refractivity contribution in [1.82, 2.24) is 10.2 Å². The van der Waals surface area contributed by atoms with E-state index in [9.17, 15) is 24.6 Å². The predicted molar refractivity (Wildman–Crippen MR) is 150 cm³/mol. The van der Waals surface area contributed by atoms with E-state index in [1.807, 2.05) is 0 Å². The zero-order valence-corrected chi connectivity index (χ0v) is 24.3. The van der Waals surface area contributed by atoms with Gasteiger partial charge in [-0.1, -0.05) is 13.8 Å². The average Bonchev–Trinajstić information content (AvgIpc) is 3.37. The minimum atomic E-state index is -1.15. The summed E-state index contributed by atoms with van der Waals surface area (Å²) in [5, 5.41) is 23.9. The van der Waals surface area contributed by atoms with Crippen LogP contribution in [0.1, 0.15) is 61.4 Å². The van der Waals surface area contributed by atoms with Gasteiger partial charge in [0.2, 0.25) is 11.8 Å². The molecule has 3 fully saturated rings. The van der Waals surface area contributed by atoms with Crippen LogP contribution in [0.2, 0.25) is 0 Å². The number of aliphatic hydroxyl groups is 2. The minimum absolute atomic E-state index is 0.0443. The van der Waals surface area contributed by atoms with E-state index in [0.717, 1.165) is 19.3 Å². The normalized spacial score (nSPS) is 30.6. The molecular weight excluding hydrogens is 528 g/mol. The highest BCUT2D eigenvalue weighted by Crippen LogP contribution is 2.61. The summed E-state index contributed by atoms with van der Waals surface area (Å²) in [6, 6.07) is 2.38. The van der Waals surface area contributed by atoms with Crippen LogP contribution in [0.3, 0.4) is 0 Å². The van der Waals surface area contributed by atoms with Crippen molar-refractivity contribution < 1.29 is 38.8 Å². The molecule has 1 aliphatic heterocycles. The molecule has 41 heavy (non-hydrogen) atoms. The lowest BCUT2D eigenvalue weighted by molar-refractivity contribution is -0.147. The first-order valence-electron chi connectivity index (χ1n) is 14.6. The first-order valence-corrected chi connectivity index (χ1v) is 14.6. The Morgan fingerprint density at radius 2 is 2.02 bits per heavy atom. The Labute approximate surface area is 241 Å². The van der Waals surface area contributed by atoms with Crippen molar-refractivity contribution in [3.63, 3.8) is 0 Å². The third-order valence-electron chi connectivity index (χ3n) is 10.0. The number of hydrogen-bond donors (Lipinski definition) is 3.